The topological polar surface area (TPSA) is 49.4 Å². The van der Waals surface area contributed by atoms with Crippen molar-refractivity contribution in [2.24, 2.45) is 0 Å². The normalized spacial score (nSPS) is 26.8. The van der Waals surface area contributed by atoms with E-state index < -0.39 is 26.6 Å². The maximum Gasteiger partial charge on any atom is 0.247 e. The van der Waals surface area contributed by atoms with Crippen molar-refractivity contribution in [1.82, 2.24) is 9.62 Å². The molecule has 2 atom stereocenters. The van der Waals surface area contributed by atoms with Gasteiger partial charge in [-0.1, -0.05) is 0 Å². The molecule has 2 saturated heterocycles. The van der Waals surface area contributed by atoms with Crippen LogP contribution >= 0.6 is 15.9 Å². The maximum absolute atomic E-state index is 14.0. The Morgan fingerprint density at radius 3 is 2.62 bits per heavy atom. The van der Waals surface area contributed by atoms with Gasteiger partial charge in [-0.25, -0.2) is 17.2 Å². The van der Waals surface area contributed by atoms with Crippen molar-refractivity contribution in [2.75, 3.05) is 13.1 Å². The predicted octanol–water partition coefficient (Wildman–Crippen LogP) is 2.24. The van der Waals surface area contributed by atoms with E-state index in [-0.39, 0.29) is 10.5 Å². The summed E-state index contributed by atoms with van der Waals surface area (Å²) in [6.45, 7) is 0.668. The van der Waals surface area contributed by atoms with Gasteiger partial charge in [-0.15, -0.1) is 0 Å². The fourth-order valence-electron chi connectivity index (χ4n) is 3.03. The summed E-state index contributed by atoms with van der Waals surface area (Å²) in [5, 5.41) is 3.37. The van der Waals surface area contributed by atoms with Gasteiger partial charge in [0.2, 0.25) is 10.0 Å². The first-order valence-corrected chi connectivity index (χ1v) is 9.02. The summed E-state index contributed by atoms with van der Waals surface area (Å²) in [7, 11) is -3.98. The molecule has 21 heavy (non-hydrogen) atoms. The highest BCUT2D eigenvalue weighted by atomic mass is 79.9. The van der Waals surface area contributed by atoms with E-state index in [0.29, 0.717) is 31.6 Å². The van der Waals surface area contributed by atoms with Crippen molar-refractivity contribution in [3.63, 3.8) is 0 Å². The van der Waals surface area contributed by atoms with Gasteiger partial charge in [0.05, 0.1) is 0 Å². The van der Waals surface area contributed by atoms with Crippen LogP contribution in [0, 0.1) is 11.6 Å². The predicted molar refractivity (Wildman–Crippen MR) is 77.4 cm³/mol. The van der Waals surface area contributed by atoms with Crippen LogP contribution < -0.4 is 5.32 Å². The van der Waals surface area contributed by atoms with Crippen LogP contribution in [-0.4, -0.2) is 37.9 Å². The molecular formula is C13H15BrF2N2O2S. The van der Waals surface area contributed by atoms with Crippen LogP contribution in [-0.2, 0) is 10.0 Å². The number of benzene rings is 1. The summed E-state index contributed by atoms with van der Waals surface area (Å²) in [4.78, 5) is -0.485. The van der Waals surface area contributed by atoms with Gasteiger partial charge in [0.1, 0.15) is 16.5 Å². The van der Waals surface area contributed by atoms with E-state index in [2.05, 4.69) is 21.2 Å². The molecule has 0 aliphatic carbocycles. The molecule has 0 amide bonds. The van der Waals surface area contributed by atoms with Gasteiger partial charge >= 0.3 is 0 Å². The van der Waals surface area contributed by atoms with Crippen molar-refractivity contribution >= 4 is 26.0 Å². The molecule has 1 aromatic rings. The number of sulfonamides is 1. The van der Waals surface area contributed by atoms with Gasteiger partial charge < -0.3 is 5.32 Å². The van der Waals surface area contributed by atoms with Crippen LogP contribution in [0.4, 0.5) is 8.78 Å². The molecule has 8 heteroatoms. The molecule has 2 bridgehead atoms. The molecule has 0 spiro atoms. The fourth-order valence-corrected chi connectivity index (χ4v) is 5.65. The average Bonchev–Trinajstić information content (AvgIpc) is 2.66. The van der Waals surface area contributed by atoms with Gasteiger partial charge in [0.15, 0.2) is 0 Å². The SMILES string of the molecule is O=S(=O)(c1c(F)cc(F)cc1Br)N1CCC2CCC(C1)N2. The lowest BCUT2D eigenvalue weighted by Gasteiger charge is -2.24. The number of halogens is 3. The van der Waals surface area contributed by atoms with Crippen LogP contribution in [0.2, 0.25) is 0 Å². The van der Waals surface area contributed by atoms with Gasteiger partial charge in [-0.3, -0.25) is 0 Å². The highest BCUT2D eigenvalue weighted by molar-refractivity contribution is 9.10. The Morgan fingerprint density at radius 1 is 1.19 bits per heavy atom. The first-order valence-electron chi connectivity index (χ1n) is 6.78. The van der Waals surface area contributed by atoms with Gasteiger partial charge in [-0.05, 0) is 41.3 Å². The van der Waals surface area contributed by atoms with E-state index >= 15 is 0 Å². The molecule has 2 aliphatic heterocycles. The molecule has 0 saturated carbocycles. The molecule has 0 aromatic heterocycles. The lowest BCUT2D eigenvalue weighted by atomic mass is 10.1. The Morgan fingerprint density at radius 2 is 1.90 bits per heavy atom. The van der Waals surface area contributed by atoms with E-state index in [9.17, 15) is 17.2 Å². The van der Waals surface area contributed by atoms with E-state index in [0.717, 1.165) is 18.9 Å². The molecule has 1 aromatic carbocycles. The lowest BCUT2D eigenvalue weighted by Crippen LogP contribution is -2.39. The van der Waals surface area contributed by atoms with Crippen LogP contribution in [0.3, 0.4) is 0 Å². The zero-order chi connectivity index (χ0) is 15.2. The quantitative estimate of drug-likeness (QED) is 0.855. The van der Waals surface area contributed by atoms with Crippen LogP contribution in [0.15, 0.2) is 21.5 Å². The number of fused-ring (bicyclic) bond motifs is 2. The van der Waals surface area contributed by atoms with Crippen molar-refractivity contribution in [1.29, 1.82) is 0 Å². The third kappa shape index (κ3) is 2.86. The third-order valence-electron chi connectivity index (χ3n) is 4.05. The second-order valence-electron chi connectivity index (χ2n) is 5.49. The first-order chi connectivity index (χ1) is 9.88. The van der Waals surface area contributed by atoms with E-state index in [1.54, 1.807) is 0 Å². The lowest BCUT2D eigenvalue weighted by molar-refractivity contribution is 0.380. The molecule has 3 rings (SSSR count). The standard InChI is InChI=1S/C13H15BrF2N2O2S/c14-11-5-8(15)6-12(16)13(11)21(19,20)18-4-3-9-1-2-10(7-18)17-9/h5-6,9-10,17H,1-4,7H2. The van der Waals surface area contributed by atoms with Crippen LogP contribution in [0.25, 0.3) is 0 Å². The summed E-state index contributed by atoms with van der Waals surface area (Å²) in [6.07, 6.45) is 2.67. The van der Waals surface area contributed by atoms with Gasteiger partial charge in [0, 0.05) is 35.7 Å². The molecule has 2 heterocycles. The Balaban J connectivity index is 1.97. The van der Waals surface area contributed by atoms with E-state index in [4.69, 9.17) is 0 Å². The molecule has 1 N–H and O–H groups in total. The van der Waals surface area contributed by atoms with Crippen molar-refractivity contribution in [3.8, 4) is 0 Å². The smallest absolute Gasteiger partial charge is 0.247 e. The first kappa shape index (κ1) is 15.3. The number of rotatable bonds is 2. The van der Waals surface area contributed by atoms with Gasteiger partial charge in [0.25, 0.3) is 0 Å². The molecule has 4 nitrogen and oxygen atoms in total. The third-order valence-corrected chi connectivity index (χ3v) is 6.88. The van der Waals surface area contributed by atoms with Crippen LogP contribution in [0.1, 0.15) is 19.3 Å². The molecule has 2 unspecified atom stereocenters. The molecule has 116 valence electrons. The second kappa shape index (κ2) is 5.57. The van der Waals surface area contributed by atoms with Crippen LogP contribution in [0.5, 0.6) is 0 Å². The number of hydrogen-bond donors (Lipinski definition) is 1. The summed E-state index contributed by atoms with van der Waals surface area (Å²) >= 11 is 2.96. The summed E-state index contributed by atoms with van der Waals surface area (Å²) in [5.41, 5.74) is 0. The molecule has 2 fully saturated rings. The Bertz CT molecular complexity index is 645. The Labute approximate surface area is 130 Å². The fraction of sp³-hybridized carbons (Fsp3) is 0.538. The minimum Gasteiger partial charge on any atom is -0.310 e. The molecule has 2 aliphatic rings. The number of nitrogens with zero attached hydrogens (tertiary/aromatic N) is 1. The number of hydrogen-bond acceptors (Lipinski definition) is 3. The van der Waals surface area contributed by atoms with Crippen molar-refractivity contribution < 1.29 is 17.2 Å². The summed E-state index contributed by atoms with van der Waals surface area (Å²) < 4.78 is 53.7. The summed E-state index contributed by atoms with van der Waals surface area (Å²) in [5.74, 6) is -1.88. The van der Waals surface area contributed by atoms with E-state index in [1.165, 1.54) is 4.31 Å². The van der Waals surface area contributed by atoms with Crippen molar-refractivity contribution in [2.45, 2.75) is 36.2 Å². The molecule has 0 radical (unpaired) electrons. The minimum absolute atomic E-state index is 0.0811. The largest absolute Gasteiger partial charge is 0.310 e. The minimum atomic E-state index is -3.98. The number of nitrogens with one attached hydrogen (secondary N) is 1. The second-order valence-corrected chi connectivity index (χ2v) is 8.22. The highest BCUT2D eigenvalue weighted by Crippen LogP contribution is 2.31. The highest BCUT2D eigenvalue weighted by Gasteiger charge is 2.37. The zero-order valence-corrected chi connectivity index (χ0v) is 13.6. The maximum atomic E-state index is 14.0. The Hall–Kier alpha value is -0.570. The van der Waals surface area contributed by atoms with Crippen molar-refractivity contribution in [3.05, 3.63) is 28.2 Å². The molecular weight excluding hydrogens is 366 g/mol. The van der Waals surface area contributed by atoms with Gasteiger partial charge in [-0.2, -0.15) is 4.31 Å². The average molecular weight is 381 g/mol. The Kier molecular flexibility index (Phi) is 4.06. The van der Waals surface area contributed by atoms with E-state index in [1.807, 2.05) is 0 Å². The summed E-state index contributed by atoms with van der Waals surface area (Å²) in [6, 6.07) is 2.00. The monoisotopic (exact) mass is 380 g/mol. The zero-order valence-electron chi connectivity index (χ0n) is 11.2.